The van der Waals surface area contributed by atoms with Gasteiger partial charge in [-0.05, 0) is 18.5 Å². The standard InChI is InChI=1S/C16H24N2O/c1-16(2,3)11-18(4)10-13-12-7-5-6-8-14(12)19-15(13)9-17/h5-8H,9-11,17H2,1-4H3. The van der Waals surface area contributed by atoms with E-state index in [0.29, 0.717) is 6.54 Å². The molecule has 0 saturated carbocycles. The molecule has 19 heavy (non-hydrogen) atoms. The van der Waals surface area contributed by atoms with Crippen LogP contribution in [-0.2, 0) is 13.1 Å². The van der Waals surface area contributed by atoms with E-state index in [9.17, 15) is 0 Å². The maximum absolute atomic E-state index is 5.83. The van der Waals surface area contributed by atoms with E-state index < -0.39 is 0 Å². The Morgan fingerprint density at radius 3 is 2.53 bits per heavy atom. The molecule has 0 radical (unpaired) electrons. The topological polar surface area (TPSA) is 42.4 Å². The molecule has 0 aliphatic heterocycles. The summed E-state index contributed by atoms with van der Waals surface area (Å²) in [5.74, 6) is 0.905. The van der Waals surface area contributed by atoms with E-state index >= 15 is 0 Å². The molecule has 2 N–H and O–H groups in total. The van der Waals surface area contributed by atoms with Gasteiger partial charge in [-0.25, -0.2) is 0 Å². The average molecular weight is 260 g/mol. The predicted molar refractivity (Wildman–Crippen MR) is 79.9 cm³/mol. The third kappa shape index (κ3) is 3.37. The van der Waals surface area contributed by atoms with Crippen molar-refractivity contribution in [2.45, 2.75) is 33.9 Å². The molecule has 0 spiro atoms. The van der Waals surface area contributed by atoms with Gasteiger partial charge in [0, 0.05) is 24.0 Å². The summed E-state index contributed by atoms with van der Waals surface area (Å²) in [6, 6.07) is 8.15. The van der Waals surface area contributed by atoms with E-state index in [0.717, 1.165) is 24.4 Å². The van der Waals surface area contributed by atoms with Gasteiger partial charge in [-0.2, -0.15) is 0 Å². The zero-order valence-corrected chi connectivity index (χ0v) is 12.4. The molecule has 2 rings (SSSR count). The van der Waals surface area contributed by atoms with E-state index in [1.165, 1.54) is 10.9 Å². The quantitative estimate of drug-likeness (QED) is 0.916. The van der Waals surface area contributed by atoms with Gasteiger partial charge in [0.05, 0.1) is 6.54 Å². The first-order valence-corrected chi connectivity index (χ1v) is 6.78. The van der Waals surface area contributed by atoms with Gasteiger partial charge in [0.1, 0.15) is 11.3 Å². The predicted octanol–water partition coefficient (Wildman–Crippen LogP) is 3.37. The van der Waals surface area contributed by atoms with Gasteiger partial charge in [-0.15, -0.1) is 0 Å². The molecule has 1 heterocycles. The van der Waals surface area contributed by atoms with Crippen molar-refractivity contribution in [1.82, 2.24) is 4.90 Å². The molecule has 0 atom stereocenters. The number of fused-ring (bicyclic) bond motifs is 1. The lowest BCUT2D eigenvalue weighted by Gasteiger charge is -2.26. The monoisotopic (exact) mass is 260 g/mol. The number of nitrogens with zero attached hydrogens (tertiary/aromatic N) is 1. The molecule has 3 nitrogen and oxygen atoms in total. The van der Waals surface area contributed by atoms with Crippen LogP contribution in [-0.4, -0.2) is 18.5 Å². The summed E-state index contributed by atoms with van der Waals surface area (Å²) < 4.78 is 5.83. The van der Waals surface area contributed by atoms with Crippen molar-refractivity contribution in [2.24, 2.45) is 11.1 Å². The Morgan fingerprint density at radius 2 is 1.89 bits per heavy atom. The number of para-hydroxylation sites is 1. The second kappa shape index (κ2) is 5.35. The zero-order chi connectivity index (χ0) is 14.0. The minimum atomic E-state index is 0.289. The SMILES string of the molecule is CN(Cc1c(CN)oc2ccccc12)CC(C)(C)C. The molecule has 0 bridgehead atoms. The van der Waals surface area contributed by atoms with Crippen LogP contribution in [0.5, 0.6) is 0 Å². The Labute approximate surface area is 115 Å². The minimum Gasteiger partial charge on any atom is -0.459 e. The van der Waals surface area contributed by atoms with Crippen molar-refractivity contribution in [3.8, 4) is 0 Å². The lowest BCUT2D eigenvalue weighted by Crippen LogP contribution is -2.29. The van der Waals surface area contributed by atoms with Crippen molar-refractivity contribution in [2.75, 3.05) is 13.6 Å². The average Bonchev–Trinajstić information content (AvgIpc) is 2.65. The maximum atomic E-state index is 5.83. The molecule has 2 aromatic rings. The summed E-state index contributed by atoms with van der Waals surface area (Å²) in [7, 11) is 2.15. The van der Waals surface area contributed by atoms with Crippen molar-refractivity contribution >= 4 is 11.0 Å². The Hall–Kier alpha value is -1.32. The number of hydrogen-bond acceptors (Lipinski definition) is 3. The third-order valence-electron chi connectivity index (χ3n) is 3.14. The minimum absolute atomic E-state index is 0.289. The van der Waals surface area contributed by atoms with Crippen molar-refractivity contribution in [3.05, 3.63) is 35.6 Å². The summed E-state index contributed by atoms with van der Waals surface area (Å²) in [4.78, 5) is 2.33. The van der Waals surface area contributed by atoms with Gasteiger partial charge in [0.15, 0.2) is 0 Å². The van der Waals surface area contributed by atoms with Crippen LogP contribution in [0.15, 0.2) is 28.7 Å². The molecule has 1 aromatic heterocycles. The second-order valence-corrected chi connectivity index (χ2v) is 6.44. The van der Waals surface area contributed by atoms with E-state index in [4.69, 9.17) is 10.2 Å². The Kier molecular flexibility index (Phi) is 3.97. The van der Waals surface area contributed by atoms with Crippen LogP contribution in [0.3, 0.4) is 0 Å². The molecule has 104 valence electrons. The molecule has 0 unspecified atom stereocenters. The van der Waals surface area contributed by atoms with Gasteiger partial charge in [-0.1, -0.05) is 39.0 Å². The molecular formula is C16H24N2O. The lowest BCUT2D eigenvalue weighted by atomic mass is 9.96. The highest BCUT2D eigenvalue weighted by Gasteiger charge is 2.18. The van der Waals surface area contributed by atoms with Crippen LogP contribution in [0.1, 0.15) is 32.1 Å². The Bertz CT molecular complexity index is 551. The molecular weight excluding hydrogens is 236 g/mol. The first-order valence-electron chi connectivity index (χ1n) is 6.78. The molecule has 0 amide bonds. The van der Waals surface area contributed by atoms with E-state index in [2.05, 4.69) is 38.8 Å². The van der Waals surface area contributed by atoms with Crippen molar-refractivity contribution in [3.63, 3.8) is 0 Å². The summed E-state index contributed by atoms with van der Waals surface area (Å²) in [6.45, 7) is 9.12. The second-order valence-electron chi connectivity index (χ2n) is 6.44. The van der Waals surface area contributed by atoms with Crippen LogP contribution < -0.4 is 5.73 Å². The number of benzene rings is 1. The summed E-state index contributed by atoms with van der Waals surface area (Å²) in [5, 5.41) is 1.18. The van der Waals surface area contributed by atoms with Gasteiger partial charge in [0.25, 0.3) is 0 Å². The molecule has 0 fully saturated rings. The number of hydrogen-bond donors (Lipinski definition) is 1. The zero-order valence-electron chi connectivity index (χ0n) is 12.4. The third-order valence-corrected chi connectivity index (χ3v) is 3.14. The van der Waals surface area contributed by atoms with E-state index in [1.807, 2.05) is 18.2 Å². The number of nitrogens with two attached hydrogens (primary N) is 1. The molecule has 3 heteroatoms. The lowest BCUT2D eigenvalue weighted by molar-refractivity contribution is 0.220. The fourth-order valence-electron chi connectivity index (χ4n) is 2.62. The molecule has 0 aliphatic carbocycles. The molecule has 0 aliphatic rings. The van der Waals surface area contributed by atoms with E-state index in [-0.39, 0.29) is 5.41 Å². The summed E-state index contributed by atoms with van der Waals surface area (Å²) in [5.41, 5.74) is 8.25. The molecule has 0 saturated heterocycles. The highest BCUT2D eigenvalue weighted by Crippen LogP contribution is 2.27. The summed E-state index contributed by atoms with van der Waals surface area (Å²) in [6.07, 6.45) is 0. The smallest absolute Gasteiger partial charge is 0.134 e. The normalized spacial score (nSPS) is 12.5. The number of furan rings is 1. The fraction of sp³-hybridized carbons (Fsp3) is 0.500. The van der Waals surface area contributed by atoms with Crippen LogP contribution in [0, 0.1) is 5.41 Å². The fourth-order valence-corrected chi connectivity index (χ4v) is 2.62. The highest BCUT2D eigenvalue weighted by molar-refractivity contribution is 5.82. The first-order chi connectivity index (χ1) is 8.90. The van der Waals surface area contributed by atoms with Gasteiger partial charge >= 0.3 is 0 Å². The largest absolute Gasteiger partial charge is 0.459 e. The van der Waals surface area contributed by atoms with E-state index in [1.54, 1.807) is 0 Å². The van der Waals surface area contributed by atoms with Crippen LogP contribution in [0.2, 0.25) is 0 Å². The molecule has 1 aromatic carbocycles. The maximum Gasteiger partial charge on any atom is 0.134 e. The van der Waals surface area contributed by atoms with Crippen LogP contribution in [0.25, 0.3) is 11.0 Å². The number of rotatable bonds is 4. The first kappa shape index (κ1) is 14.1. The van der Waals surface area contributed by atoms with Crippen molar-refractivity contribution in [1.29, 1.82) is 0 Å². The summed E-state index contributed by atoms with van der Waals surface area (Å²) >= 11 is 0. The van der Waals surface area contributed by atoms with Crippen LogP contribution >= 0.6 is 0 Å². The highest BCUT2D eigenvalue weighted by atomic mass is 16.3. The van der Waals surface area contributed by atoms with Gasteiger partial charge in [-0.3, -0.25) is 0 Å². The van der Waals surface area contributed by atoms with Crippen molar-refractivity contribution < 1.29 is 4.42 Å². The Morgan fingerprint density at radius 1 is 1.21 bits per heavy atom. The Balaban J connectivity index is 2.28. The van der Waals surface area contributed by atoms with Crippen LogP contribution in [0.4, 0.5) is 0 Å². The van der Waals surface area contributed by atoms with Gasteiger partial charge < -0.3 is 15.1 Å². The van der Waals surface area contributed by atoms with Gasteiger partial charge in [0.2, 0.25) is 0 Å².